The van der Waals surface area contributed by atoms with Gasteiger partial charge < -0.3 is 10.6 Å². The number of halogens is 2. The molecule has 0 fully saturated rings. The summed E-state index contributed by atoms with van der Waals surface area (Å²) in [4.78, 5) is 2.05. The van der Waals surface area contributed by atoms with Gasteiger partial charge in [-0.3, -0.25) is 0 Å². The molecule has 0 spiro atoms. The Bertz CT molecular complexity index is 572. The van der Waals surface area contributed by atoms with Crippen LogP contribution in [0.15, 0.2) is 46.9 Å². The maximum absolute atomic E-state index is 13.4. The van der Waals surface area contributed by atoms with Crippen molar-refractivity contribution in [1.82, 2.24) is 0 Å². The quantitative estimate of drug-likeness (QED) is 0.913. The minimum atomic E-state index is -0.236. The first-order chi connectivity index (χ1) is 9.15. The van der Waals surface area contributed by atoms with Gasteiger partial charge in [0.15, 0.2) is 0 Å². The Morgan fingerprint density at radius 2 is 2.00 bits per heavy atom. The monoisotopic (exact) mass is 322 g/mol. The summed E-state index contributed by atoms with van der Waals surface area (Å²) in [5, 5.41) is 0. The zero-order chi connectivity index (χ0) is 13.8. The predicted octanol–water partition coefficient (Wildman–Crippen LogP) is 4.20. The van der Waals surface area contributed by atoms with Gasteiger partial charge in [0.05, 0.1) is 0 Å². The van der Waals surface area contributed by atoms with Crippen LogP contribution < -0.4 is 10.6 Å². The van der Waals surface area contributed by atoms with Crippen LogP contribution in [0.4, 0.5) is 15.8 Å². The van der Waals surface area contributed by atoms with Crippen molar-refractivity contribution in [3.05, 3.63) is 58.3 Å². The first kappa shape index (κ1) is 14.0. The SMILES string of the molecule is CCN(c1cccc(F)c1)c1cc(Br)ccc1CN. The highest BCUT2D eigenvalue weighted by atomic mass is 79.9. The van der Waals surface area contributed by atoms with Gasteiger partial charge in [-0.1, -0.05) is 28.1 Å². The van der Waals surface area contributed by atoms with Crippen LogP contribution in [0.1, 0.15) is 12.5 Å². The van der Waals surface area contributed by atoms with E-state index in [9.17, 15) is 4.39 Å². The van der Waals surface area contributed by atoms with E-state index in [1.165, 1.54) is 12.1 Å². The molecule has 0 aliphatic carbocycles. The smallest absolute Gasteiger partial charge is 0.125 e. The standard InChI is InChI=1S/C15H16BrFN2/c1-2-19(14-5-3-4-13(17)9-14)15-8-12(16)7-6-11(15)10-18/h3-9H,2,10,18H2,1H3. The molecule has 0 saturated heterocycles. The van der Waals surface area contributed by atoms with Crippen molar-refractivity contribution in [2.75, 3.05) is 11.4 Å². The number of nitrogens with two attached hydrogens (primary N) is 1. The van der Waals surface area contributed by atoms with E-state index in [0.717, 1.165) is 28.0 Å². The van der Waals surface area contributed by atoms with Crippen LogP contribution in [0.25, 0.3) is 0 Å². The zero-order valence-corrected chi connectivity index (χ0v) is 12.3. The van der Waals surface area contributed by atoms with Gasteiger partial charge in [-0.15, -0.1) is 0 Å². The fourth-order valence-electron chi connectivity index (χ4n) is 2.10. The molecule has 2 aromatic carbocycles. The molecule has 0 aliphatic heterocycles. The number of benzene rings is 2. The van der Waals surface area contributed by atoms with Crippen molar-refractivity contribution in [2.24, 2.45) is 5.73 Å². The Balaban J connectivity index is 2.50. The van der Waals surface area contributed by atoms with Crippen LogP contribution >= 0.6 is 15.9 Å². The van der Waals surface area contributed by atoms with Crippen molar-refractivity contribution in [3.8, 4) is 0 Å². The third kappa shape index (κ3) is 3.14. The highest BCUT2D eigenvalue weighted by Crippen LogP contribution is 2.31. The average Bonchev–Trinajstić information content (AvgIpc) is 2.40. The second-order valence-corrected chi connectivity index (χ2v) is 5.12. The molecule has 0 amide bonds. The van der Waals surface area contributed by atoms with Crippen molar-refractivity contribution >= 4 is 27.3 Å². The number of hydrogen-bond acceptors (Lipinski definition) is 2. The topological polar surface area (TPSA) is 29.3 Å². The van der Waals surface area contributed by atoms with Gasteiger partial charge in [-0.25, -0.2) is 4.39 Å². The minimum absolute atomic E-state index is 0.236. The fourth-order valence-corrected chi connectivity index (χ4v) is 2.45. The van der Waals surface area contributed by atoms with E-state index in [-0.39, 0.29) is 5.82 Å². The van der Waals surface area contributed by atoms with E-state index in [2.05, 4.69) is 20.8 Å². The third-order valence-corrected chi connectivity index (χ3v) is 3.49. The Labute approximate surface area is 121 Å². The Morgan fingerprint density at radius 3 is 2.63 bits per heavy atom. The largest absolute Gasteiger partial charge is 0.341 e. The molecule has 0 saturated carbocycles. The van der Waals surface area contributed by atoms with E-state index in [1.54, 1.807) is 6.07 Å². The Morgan fingerprint density at radius 1 is 1.21 bits per heavy atom. The zero-order valence-electron chi connectivity index (χ0n) is 10.7. The van der Waals surface area contributed by atoms with Crippen LogP contribution in [0.5, 0.6) is 0 Å². The maximum Gasteiger partial charge on any atom is 0.125 e. The fraction of sp³-hybridized carbons (Fsp3) is 0.200. The molecule has 2 nitrogen and oxygen atoms in total. The van der Waals surface area contributed by atoms with Crippen molar-refractivity contribution in [3.63, 3.8) is 0 Å². The highest BCUT2D eigenvalue weighted by Gasteiger charge is 2.12. The lowest BCUT2D eigenvalue weighted by molar-refractivity contribution is 0.627. The molecule has 0 radical (unpaired) electrons. The van der Waals surface area contributed by atoms with Gasteiger partial charge in [0.1, 0.15) is 5.82 Å². The summed E-state index contributed by atoms with van der Waals surface area (Å²) in [7, 11) is 0. The maximum atomic E-state index is 13.4. The molecular formula is C15H16BrFN2. The molecule has 100 valence electrons. The molecule has 0 unspecified atom stereocenters. The van der Waals surface area contributed by atoms with E-state index < -0.39 is 0 Å². The molecule has 2 rings (SSSR count). The number of hydrogen-bond donors (Lipinski definition) is 1. The molecule has 4 heteroatoms. The normalized spacial score (nSPS) is 10.5. The molecule has 19 heavy (non-hydrogen) atoms. The molecule has 0 heterocycles. The number of rotatable bonds is 4. The highest BCUT2D eigenvalue weighted by molar-refractivity contribution is 9.10. The lowest BCUT2D eigenvalue weighted by atomic mass is 10.1. The van der Waals surface area contributed by atoms with Crippen molar-refractivity contribution < 1.29 is 4.39 Å². The molecule has 0 aliphatic rings. The van der Waals surface area contributed by atoms with Gasteiger partial charge in [0.25, 0.3) is 0 Å². The predicted molar refractivity (Wildman–Crippen MR) is 81.1 cm³/mol. The van der Waals surface area contributed by atoms with Crippen LogP contribution in [-0.4, -0.2) is 6.54 Å². The van der Waals surface area contributed by atoms with Gasteiger partial charge in [-0.05, 0) is 42.8 Å². The van der Waals surface area contributed by atoms with E-state index in [1.807, 2.05) is 31.2 Å². The average molecular weight is 323 g/mol. The Kier molecular flexibility index (Phi) is 4.56. The molecule has 0 aromatic heterocycles. The summed E-state index contributed by atoms with van der Waals surface area (Å²) < 4.78 is 14.4. The van der Waals surface area contributed by atoms with Crippen LogP contribution in [-0.2, 0) is 6.54 Å². The second-order valence-electron chi connectivity index (χ2n) is 4.20. The van der Waals surface area contributed by atoms with Crippen LogP contribution in [0.2, 0.25) is 0 Å². The third-order valence-electron chi connectivity index (χ3n) is 2.99. The molecule has 2 aromatic rings. The summed E-state index contributed by atoms with van der Waals surface area (Å²) in [5.41, 5.74) is 8.66. The lowest BCUT2D eigenvalue weighted by Crippen LogP contribution is -2.18. The van der Waals surface area contributed by atoms with Crippen molar-refractivity contribution in [1.29, 1.82) is 0 Å². The number of nitrogens with zero attached hydrogens (tertiary/aromatic N) is 1. The van der Waals surface area contributed by atoms with Gasteiger partial charge in [0, 0.05) is 28.9 Å². The molecule has 0 bridgehead atoms. The summed E-state index contributed by atoms with van der Waals surface area (Å²) in [6.07, 6.45) is 0. The summed E-state index contributed by atoms with van der Waals surface area (Å²) in [6, 6.07) is 12.6. The van der Waals surface area contributed by atoms with Gasteiger partial charge in [-0.2, -0.15) is 0 Å². The second kappa shape index (κ2) is 6.17. The van der Waals surface area contributed by atoms with Gasteiger partial charge >= 0.3 is 0 Å². The van der Waals surface area contributed by atoms with E-state index in [0.29, 0.717) is 6.54 Å². The van der Waals surface area contributed by atoms with Crippen molar-refractivity contribution in [2.45, 2.75) is 13.5 Å². The summed E-state index contributed by atoms with van der Waals surface area (Å²) >= 11 is 3.47. The Hall–Kier alpha value is -1.39. The van der Waals surface area contributed by atoms with Crippen LogP contribution in [0, 0.1) is 5.82 Å². The van der Waals surface area contributed by atoms with E-state index in [4.69, 9.17) is 5.73 Å². The van der Waals surface area contributed by atoms with Gasteiger partial charge in [0.2, 0.25) is 0 Å². The number of anilines is 2. The first-order valence-electron chi connectivity index (χ1n) is 6.17. The molecule has 2 N–H and O–H groups in total. The summed E-state index contributed by atoms with van der Waals surface area (Å²) in [6.45, 7) is 3.23. The summed E-state index contributed by atoms with van der Waals surface area (Å²) in [5.74, 6) is -0.236. The molecular weight excluding hydrogens is 307 g/mol. The minimum Gasteiger partial charge on any atom is -0.341 e. The van der Waals surface area contributed by atoms with E-state index >= 15 is 0 Å². The lowest BCUT2D eigenvalue weighted by Gasteiger charge is -2.26. The first-order valence-corrected chi connectivity index (χ1v) is 6.96. The van der Waals surface area contributed by atoms with Crippen LogP contribution in [0.3, 0.4) is 0 Å². The molecule has 0 atom stereocenters.